The van der Waals surface area contributed by atoms with E-state index in [4.69, 9.17) is 11.6 Å². The number of anilines is 1. The molecule has 1 aliphatic rings. The molecule has 2 heterocycles. The highest BCUT2D eigenvalue weighted by Gasteiger charge is 2.45. The Morgan fingerprint density at radius 2 is 2.17 bits per heavy atom. The molecule has 1 aliphatic heterocycles. The van der Waals surface area contributed by atoms with Gasteiger partial charge in [0, 0.05) is 17.3 Å². The highest BCUT2D eigenvalue weighted by molar-refractivity contribution is 6.30. The van der Waals surface area contributed by atoms with Crippen molar-refractivity contribution in [1.82, 2.24) is 4.98 Å². The van der Waals surface area contributed by atoms with Gasteiger partial charge in [0.25, 0.3) is 0 Å². The summed E-state index contributed by atoms with van der Waals surface area (Å²) in [5.41, 5.74) is 0.0206. The van der Waals surface area contributed by atoms with Gasteiger partial charge in [0.15, 0.2) is 11.8 Å². The summed E-state index contributed by atoms with van der Waals surface area (Å²) in [6, 6.07) is -0.581. The molecule has 1 aromatic heterocycles. The third-order valence-electron chi connectivity index (χ3n) is 2.52. The highest BCUT2D eigenvalue weighted by Crippen LogP contribution is 2.35. The molecule has 0 radical (unpaired) electrons. The standard InChI is InChI=1S/C11H8ClF3N2O/c1-5(18)8-3-6-2-7(12)4-16-10(6)17-9(8)11(13,14)15/h2-4,9H,1H3,(H,16,17). The van der Waals surface area contributed by atoms with E-state index in [1.807, 2.05) is 0 Å². The van der Waals surface area contributed by atoms with Crippen molar-refractivity contribution < 1.29 is 18.0 Å². The molecular formula is C11H8ClF3N2O. The van der Waals surface area contributed by atoms with Crippen LogP contribution in [-0.4, -0.2) is 23.0 Å². The first kappa shape index (κ1) is 12.9. The Kier molecular flexibility index (Phi) is 3.06. The van der Waals surface area contributed by atoms with Gasteiger partial charge in [-0.05, 0) is 19.1 Å². The van der Waals surface area contributed by atoms with Crippen molar-refractivity contribution in [3.63, 3.8) is 0 Å². The first-order valence-corrected chi connectivity index (χ1v) is 5.38. The molecule has 96 valence electrons. The van der Waals surface area contributed by atoms with Crippen LogP contribution in [0.5, 0.6) is 0 Å². The number of fused-ring (bicyclic) bond motifs is 1. The molecule has 0 aliphatic carbocycles. The number of pyridine rings is 1. The van der Waals surface area contributed by atoms with Gasteiger partial charge in [0.05, 0.1) is 5.02 Å². The van der Waals surface area contributed by atoms with Crippen LogP contribution in [0.1, 0.15) is 12.5 Å². The molecule has 0 saturated heterocycles. The van der Waals surface area contributed by atoms with Crippen LogP contribution in [0.25, 0.3) is 6.08 Å². The summed E-state index contributed by atoms with van der Waals surface area (Å²) in [6.45, 7) is 1.09. The van der Waals surface area contributed by atoms with E-state index in [-0.39, 0.29) is 11.4 Å². The number of nitrogens with one attached hydrogen (secondary N) is 1. The number of Topliss-reactive ketones (excluding diaryl/α,β-unsaturated/α-hetero) is 1. The second kappa shape index (κ2) is 4.28. The Labute approximate surface area is 106 Å². The average molecular weight is 277 g/mol. The van der Waals surface area contributed by atoms with E-state index in [0.717, 1.165) is 6.92 Å². The van der Waals surface area contributed by atoms with E-state index in [2.05, 4.69) is 10.3 Å². The number of hydrogen-bond donors (Lipinski definition) is 1. The summed E-state index contributed by atoms with van der Waals surface area (Å²) in [5, 5.41) is 2.50. The molecule has 7 heteroatoms. The third-order valence-corrected chi connectivity index (χ3v) is 2.73. The molecule has 0 aromatic carbocycles. The second-order valence-corrected chi connectivity index (χ2v) is 4.30. The first-order chi connectivity index (χ1) is 8.29. The van der Waals surface area contributed by atoms with Gasteiger partial charge in [-0.15, -0.1) is 0 Å². The molecule has 0 bridgehead atoms. The van der Waals surface area contributed by atoms with Gasteiger partial charge in [-0.25, -0.2) is 4.98 Å². The summed E-state index contributed by atoms with van der Waals surface area (Å²) < 4.78 is 38.4. The molecule has 0 fully saturated rings. The van der Waals surface area contributed by atoms with Crippen LogP contribution in [0.2, 0.25) is 5.02 Å². The minimum absolute atomic E-state index is 0.0618. The SMILES string of the molecule is CC(=O)C1=Cc2cc(Cl)cnc2NC1C(F)(F)F. The lowest BCUT2D eigenvalue weighted by atomic mass is 9.96. The molecule has 1 aromatic rings. The highest BCUT2D eigenvalue weighted by atomic mass is 35.5. The number of carbonyl (C=O) groups is 1. The number of rotatable bonds is 1. The van der Waals surface area contributed by atoms with Crippen LogP contribution < -0.4 is 5.32 Å². The largest absolute Gasteiger partial charge is 0.412 e. The summed E-state index contributed by atoms with van der Waals surface area (Å²) >= 11 is 5.70. The zero-order valence-electron chi connectivity index (χ0n) is 9.18. The summed E-state index contributed by atoms with van der Waals surface area (Å²) in [5.74, 6) is -0.581. The molecule has 1 atom stereocenters. The molecule has 0 saturated carbocycles. The van der Waals surface area contributed by atoms with Crippen molar-refractivity contribution in [2.75, 3.05) is 5.32 Å². The van der Waals surface area contributed by atoms with Crippen molar-refractivity contribution in [2.45, 2.75) is 19.1 Å². The Bertz CT molecular complexity index is 540. The fourth-order valence-corrected chi connectivity index (χ4v) is 1.88. The van der Waals surface area contributed by atoms with Crippen molar-refractivity contribution in [3.05, 3.63) is 28.4 Å². The minimum atomic E-state index is -4.56. The molecular weight excluding hydrogens is 269 g/mol. The second-order valence-electron chi connectivity index (χ2n) is 3.87. The number of alkyl halides is 3. The van der Waals surface area contributed by atoms with E-state index in [0.29, 0.717) is 10.6 Å². The monoisotopic (exact) mass is 276 g/mol. The quantitative estimate of drug-likeness (QED) is 0.857. The Hall–Kier alpha value is -1.56. The smallest absolute Gasteiger partial charge is 0.354 e. The Morgan fingerprint density at radius 1 is 1.50 bits per heavy atom. The molecule has 0 amide bonds. The number of hydrogen-bond acceptors (Lipinski definition) is 3. The van der Waals surface area contributed by atoms with E-state index >= 15 is 0 Å². The number of carbonyl (C=O) groups excluding carboxylic acids is 1. The lowest BCUT2D eigenvalue weighted by molar-refractivity contribution is -0.139. The van der Waals surface area contributed by atoms with Gasteiger partial charge >= 0.3 is 6.18 Å². The summed E-state index contributed by atoms with van der Waals surface area (Å²) in [4.78, 5) is 15.1. The van der Waals surface area contributed by atoms with Crippen LogP contribution in [0.15, 0.2) is 17.8 Å². The van der Waals surface area contributed by atoms with Gasteiger partial charge in [-0.2, -0.15) is 13.2 Å². The van der Waals surface area contributed by atoms with Crippen molar-refractivity contribution in [1.29, 1.82) is 0 Å². The van der Waals surface area contributed by atoms with E-state index in [1.54, 1.807) is 0 Å². The van der Waals surface area contributed by atoms with Crippen LogP contribution in [-0.2, 0) is 4.79 Å². The van der Waals surface area contributed by atoms with Crippen molar-refractivity contribution >= 4 is 29.3 Å². The van der Waals surface area contributed by atoms with E-state index in [9.17, 15) is 18.0 Å². The normalized spacial score (nSPS) is 18.7. The summed E-state index contributed by atoms with van der Waals surface area (Å²) in [6.07, 6.45) is -2.14. The van der Waals surface area contributed by atoms with Crippen LogP contribution in [0, 0.1) is 0 Å². The molecule has 18 heavy (non-hydrogen) atoms. The van der Waals surface area contributed by atoms with Crippen LogP contribution in [0.4, 0.5) is 19.0 Å². The third kappa shape index (κ3) is 2.33. The number of nitrogens with zero attached hydrogens (tertiary/aromatic N) is 1. The lowest BCUT2D eigenvalue weighted by Crippen LogP contribution is -2.41. The number of halogens is 4. The summed E-state index contributed by atoms with van der Waals surface area (Å²) in [7, 11) is 0. The maximum atomic E-state index is 12.8. The first-order valence-electron chi connectivity index (χ1n) is 5.00. The molecule has 2 rings (SSSR count). The Morgan fingerprint density at radius 3 is 2.72 bits per heavy atom. The molecule has 3 nitrogen and oxygen atoms in total. The maximum absolute atomic E-state index is 12.8. The van der Waals surface area contributed by atoms with Gasteiger partial charge in [-0.3, -0.25) is 4.79 Å². The lowest BCUT2D eigenvalue weighted by Gasteiger charge is -2.28. The topological polar surface area (TPSA) is 42.0 Å². The van der Waals surface area contributed by atoms with E-state index < -0.39 is 18.0 Å². The zero-order chi connectivity index (χ0) is 13.5. The molecule has 0 spiro atoms. The van der Waals surface area contributed by atoms with Crippen LogP contribution >= 0.6 is 11.6 Å². The van der Waals surface area contributed by atoms with Gasteiger partial charge in [0.2, 0.25) is 0 Å². The maximum Gasteiger partial charge on any atom is 0.412 e. The molecule has 1 N–H and O–H groups in total. The van der Waals surface area contributed by atoms with Crippen LogP contribution in [0.3, 0.4) is 0 Å². The van der Waals surface area contributed by atoms with Gasteiger partial charge in [-0.1, -0.05) is 11.6 Å². The number of aromatic nitrogens is 1. The Balaban J connectivity index is 2.53. The predicted octanol–water partition coefficient (Wildman–Crippen LogP) is 3.06. The fourth-order valence-electron chi connectivity index (χ4n) is 1.71. The van der Waals surface area contributed by atoms with Crippen molar-refractivity contribution in [2.24, 2.45) is 0 Å². The minimum Gasteiger partial charge on any atom is -0.354 e. The average Bonchev–Trinajstić information content (AvgIpc) is 2.25. The van der Waals surface area contributed by atoms with Gasteiger partial charge < -0.3 is 5.32 Å². The molecule has 1 unspecified atom stereocenters. The van der Waals surface area contributed by atoms with E-state index in [1.165, 1.54) is 18.3 Å². The fraction of sp³-hybridized carbons (Fsp3) is 0.273. The zero-order valence-corrected chi connectivity index (χ0v) is 9.93. The predicted molar refractivity (Wildman–Crippen MR) is 61.4 cm³/mol. The van der Waals surface area contributed by atoms with Crippen molar-refractivity contribution in [3.8, 4) is 0 Å². The van der Waals surface area contributed by atoms with Gasteiger partial charge in [0.1, 0.15) is 5.82 Å². The number of ketones is 1.